The molecule has 3 nitrogen and oxygen atoms in total. The Morgan fingerprint density at radius 3 is 2.19 bits per heavy atom. The second-order valence-corrected chi connectivity index (χ2v) is 5.47. The molecule has 0 saturated heterocycles. The molecule has 4 heteroatoms. The highest BCUT2D eigenvalue weighted by Crippen LogP contribution is 2.15. The predicted octanol–water partition coefficient (Wildman–Crippen LogP) is 2.83. The van der Waals surface area contributed by atoms with Gasteiger partial charge in [0.05, 0.1) is 6.42 Å². The number of aryl methyl sites for hydroxylation is 1. The van der Waals surface area contributed by atoms with Crippen molar-refractivity contribution in [1.29, 1.82) is 0 Å². The predicted molar refractivity (Wildman–Crippen MR) is 90.6 cm³/mol. The molecular weight excluding hydrogens is 280 g/mol. The van der Waals surface area contributed by atoms with Crippen molar-refractivity contribution >= 4 is 28.8 Å². The van der Waals surface area contributed by atoms with Crippen molar-refractivity contribution in [2.45, 2.75) is 13.3 Å². The Labute approximate surface area is 130 Å². The van der Waals surface area contributed by atoms with E-state index in [-0.39, 0.29) is 5.91 Å². The van der Waals surface area contributed by atoms with Gasteiger partial charge < -0.3 is 10.6 Å². The zero-order valence-corrected chi connectivity index (χ0v) is 13.0. The summed E-state index contributed by atoms with van der Waals surface area (Å²) in [6.45, 7) is 2.03. The molecular formula is C17H18N2OS. The molecule has 0 fully saturated rings. The van der Waals surface area contributed by atoms with E-state index in [1.165, 1.54) is 5.56 Å². The number of nitrogens with zero attached hydrogens (tertiary/aromatic N) is 1. The second-order valence-electron chi connectivity index (χ2n) is 5.03. The average molecular weight is 298 g/mol. The Morgan fingerprint density at radius 2 is 1.67 bits per heavy atom. The third-order valence-electron chi connectivity index (χ3n) is 3.39. The molecule has 0 atom stereocenters. The molecule has 0 aliphatic heterocycles. The molecule has 0 radical (unpaired) electrons. The summed E-state index contributed by atoms with van der Waals surface area (Å²) in [5.41, 5.74) is 9.39. The lowest BCUT2D eigenvalue weighted by Crippen LogP contribution is -2.27. The quantitative estimate of drug-likeness (QED) is 0.883. The van der Waals surface area contributed by atoms with Crippen LogP contribution < -0.4 is 10.6 Å². The van der Waals surface area contributed by atoms with Crippen molar-refractivity contribution in [2.75, 3.05) is 11.9 Å². The maximum atomic E-state index is 12.3. The molecule has 1 amide bonds. The van der Waals surface area contributed by atoms with Gasteiger partial charge in [-0.2, -0.15) is 0 Å². The smallest absolute Gasteiger partial charge is 0.231 e. The van der Waals surface area contributed by atoms with E-state index in [1.54, 1.807) is 11.9 Å². The normalized spacial score (nSPS) is 10.2. The van der Waals surface area contributed by atoms with Crippen LogP contribution in [0.1, 0.15) is 16.7 Å². The first-order chi connectivity index (χ1) is 9.97. The van der Waals surface area contributed by atoms with Gasteiger partial charge in [-0.3, -0.25) is 4.79 Å². The molecule has 2 aromatic carbocycles. The van der Waals surface area contributed by atoms with Gasteiger partial charge in [-0.25, -0.2) is 0 Å². The highest BCUT2D eigenvalue weighted by molar-refractivity contribution is 7.80. The number of carbonyl (C=O) groups excluding carboxylic acids is 1. The lowest BCUT2D eigenvalue weighted by molar-refractivity contribution is -0.117. The third kappa shape index (κ3) is 3.89. The Hall–Kier alpha value is -2.20. The first-order valence-corrected chi connectivity index (χ1v) is 7.10. The Balaban J connectivity index is 2.08. The van der Waals surface area contributed by atoms with E-state index in [0.717, 1.165) is 16.8 Å². The summed E-state index contributed by atoms with van der Waals surface area (Å²) in [6.07, 6.45) is 0.383. The molecule has 0 aliphatic rings. The van der Waals surface area contributed by atoms with Gasteiger partial charge in [0.25, 0.3) is 0 Å². The third-order valence-corrected chi connectivity index (χ3v) is 3.62. The highest BCUT2D eigenvalue weighted by Gasteiger charge is 2.11. The molecule has 0 unspecified atom stereocenters. The van der Waals surface area contributed by atoms with E-state index in [9.17, 15) is 4.79 Å². The summed E-state index contributed by atoms with van der Waals surface area (Å²) in [5.74, 6) is 0.0435. The van der Waals surface area contributed by atoms with Crippen molar-refractivity contribution in [3.8, 4) is 0 Å². The van der Waals surface area contributed by atoms with Crippen LogP contribution in [0, 0.1) is 6.92 Å². The van der Waals surface area contributed by atoms with E-state index in [1.807, 2.05) is 55.5 Å². The molecule has 2 rings (SSSR count). The number of hydrogen-bond acceptors (Lipinski definition) is 2. The van der Waals surface area contributed by atoms with Crippen LogP contribution >= 0.6 is 12.2 Å². The van der Waals surface area contributed by atoms with Crippen molar-refractivity contribution < 1.29 is 4.79 Å². The van der Waals surface area contributed by atoms with Crippen LogP contribution in [0.4, 0.5) is 5.69 Å². The van der Waals surface area contributed by atoms with Crippen molar-refractivity contribution in [1.82, 2.24) is 0 Å². The summed E-state index contributed by atoms with van der Waals surface area (Å²) in [7, 11) is 1.77. The molecule has 0 aliphatic carbocycles. The highest BCUT2D eigenvalue weighted by atomic mass is 32.1. The fourth-order valence-electron chi connectivity index (χ4n) is 1.99. The Bertz CT molecular complexity index is 647. The van der Waals surface area contributed by atoms with Gasteiger partial charge >= 0.3 is 0 Å². The zero-order chi connectivity index (χ0) is 15.4. The van der Waals surface area contributed by atoms with Crippen LogP contribution in [-0.2, 0) is 11.2 Å². The molecule has 21 heavy (non-hydrogen) atoms. The number of carbonyl (C=O) groups is 1. The molecule has 0 spiro atoms. The molecule has 2 aromatic rings. The number of hydrogen-bond donors (Lipinski definition) is 1. The fourth-order valence-corrected chi connectivity index (χ4v) is 2.13. The topological polar surface area (TPSA) is 46.3 Å². The number of anilines is 1. The molecule has 0 bridgehead atoms. The fraction of sp³-hybridized carbons (Fsp3) is 0.176. The van der Waals surface area contributed by atoms with E-state index in [0.29, 0.717) is 11.4 Å². The van der Waals surface area contributed by atoms with Crippen LogP contribution in [0.2, 0.25) is 0 Å². The van der Waals surface area contributed by atoms with Crippen LogP contribution in [0.3, 0.4) is 0 Å². The van der Waals surface area contributed by atoms with E-state index >= 15 is 0 Å². The first-order valence-electron chi connectivity index (χ1n) is 6.69. The SMILES string of the molecule is Cc1ccc(CC(=O)N(C)c2ccc(C(N)=S)cc2)cc1. The van der Waals surface area contributed by atoms with Gasteiger partial charge in [-0.15, -0.1) is 0 Å². The van der Waals surface area contributed by atoms with Crippen LogP contribution in [-0.4, -0.2) is 17.9 Å². The summed E-state index contributed by atoms with van der Waals surface area (Å²) in [6, 6.07) is 15.3. The monoisotopic (exact) mass is 298 g/mol. The summed E-state index contributed by atoms with van der Waals surface area (Å²) >= 11 is 4.92. The first kappa shape index (κ1) is 15.2. The summed E-state index contributed by atoms with van der Waals surface area (Å²) in [4.78, 5) is 14.3. The molecule has 2 N–H and O–H groups in total. The number of thiocarbonyl (C=S) groups is 1. The van der Waals surface area contributed by atoms with Gasteiger partial charge in [0.2, 0.25) is 5.91 Å². The number of rotatable bonds is 4. The average Bonchev–Trinajstić information content (AvgIpc) is 2.49. The van der Waals surface area contributed by atoms with Gasteiger partial charge in [0, 0.05) is 18.3 Å². The zero-order valence-electron chi connectivity index (χ0n) is 12.2. The largest absolute Gasteiger partial charge is 0.389 e. The van der Waals surface area contributed by atoms with E-state index in [4.69, 9.17) is 18.0 Å². The maximum Gasteiger partial charge on any atom is 0.231 e. The number of amides is 1. The van der Waals surface area contributed by atoms with Gasteiger partial charge in [-0.1, -0.05) is 42.0 Å². The summed E-state index contributed by atoms with van der Waals surface area (Å²) in [5, 5.41) is 0. The molecule has 0 heterocycles. The standard InChI is InChI=1S/C17H18N2OS/c1-12-3-5-13(6-4-12)11-16(20)19(2)15-9-7-14(8-10-15)17(18)21/h3-10H,11H2,1-2H3,(H2,18,21). The van der Waals surface area contributed by atoms with Crippen LogP contribution in [0.15, 0.2) is 48.5 Å². The van der Waals surface area contributed by atoms with Gasteiger partial charge in [0.15, 0.2) is 0 Å². The van der Waals surface area contributed by atoms with E-state index < -0.39 is 0 Å². The second kappa shape index (κ2) is 6.50. The number of nitrogens with two attached hydrogens (primary N) is 1. The van der Waals surface area contributed by atoms with Crippen molar-refractivity contribution in [2.24, 2.45) is 5.73 Å². The van der Waals surface area contributed by atoms with Crippen LogP contribution in [0.5, 0.6) is 0 Å². The van der Waals surface area contributed by atoms with Gasteiger partial charge in [0.1, 0.15) is 4.99 Å². The Kier molecular flexibility index (Phi) is 4.70. The molecule has 108 valence electrons. The minimum absolute atomic E-state index is 0.0435. The maximum absolute atomic E-state index is 12.3. The lowest BCUT2D eigenvalue weighted by Gasteiger charge is -2.18. The minimum atomic E-state index is 0.0435. The van der Waals surface area contributed by atoms with Crippen molar-refractivity contribution in [3.63, 3.8) is 0 Å². The molecule has 0 saturated carbocycles. The number of benzene rings is 2. The van der Waals surface area contributed by atoms with Crippen LogP contribution in [0.25, 0.3) is 0 Å². The lowest BCUT2D eigenvalue weighted by atomic mass is 10.1. The van der Waals surface area contributed by atoms with Gasteiger partial charge in [-0.05, 0) is 36.8 Å². The number of likely N-dealkylation sites (N-methyl/N-ethyl adjacent to an activating group) is 1. The van der Waals surface area contributed by atoms with Crippen molar-refractivity contribution in [3.05, 3.63) is 65.2 Å². The van der Waals surface area contributed by atoms with E-state index in [2.05, 4.69) is 0 Å². The summed E-state index contributed by atoms with van der Waals surface area (Å²) < 4.78 is 0. The minimum Gasteiger partial charge on any atom is -0.389 e. The molecule has 0 aromatic heterocycles. The Morgan fingerprint density at radius 1 is 1.10 bits per heavy atom.